The van der Waals surface area contributed by atoms with E-state index in [4.69, 9.17) is 14.9 Å². The first-order valence-electron chi connectivity index (χ1n) is 5.77. The number of carbonyl (C=O) groups excluding carboxylic acids is 1. The minimum absolute atomic E-state index is 0.299. The number of aliphatic hydroxyl groups is 1. The minimum atomic E-state index is -1.31. The number of carbonyl (C=O) groups is 2. The van der Waals surface area contributed by atoms with E-state index in [1.54, 1.807) is 12.1 Å². The van der Waals surface area contributed by atoms with Crippen LogP contribution in [-0.2, 0) is 9.59 Å². The SMILES string of the molecule is Cc1ccc(OCC(=O)N[C@H](CO)C(=O)O)cc1C. The van der Waals surface area contributed by atoms with Gasteiger partial charge in [0.2, 0.25) is 0 Å². The van der Waals surface area contributed by atoms with Crippen LogP contribution in [0.15, 0.2) is 18.2 Å². The van der Waals surface area contributed by atoms with E-state index in [0.717, 1.165) is 11.1 Å². The maximum Gasteiger partial charge on any atom is 0.328 e. The van der Waals surface area contributed by atoms with E-state index in [2.05, 4.69) is 5.32 Å². The molecule has 0 aliphatic rings. The molecule has 6 heteroatoms. The summed E-state index contributed by atoms with van der Waals surface area (Å²) in [6.45, 7) is 2.93. The lowest BCUT2D eigenvalue weighted by molar-refractivity contribution is -0.143. The molecule has 0 radical (unpaired) electrons. The van der Waals surface area contributed by atoms with Gasteiger partial charge < -0.3 is 20.3 Å². The van der Waals surface area contributed by atoms with Crippen molar-refractivity contribution in [2.45, 2.75) is 19.9 Å². The molecule has 0 fully saturated rings. The van der Waals surface area contributed by atoms with Crippen molar-refractivity contribution in [1.29, 1.82) is 0 Å². The number of hydrogen-bond donors (Lipinski definition) is 3. The van der Waals surface area contributed by atoms with Gasteiger partial charge in [-0.2, -0.15) is 0 Å². The van der Waals surface area contributed by atoms with Crippen LogP contribution < -0.4 is 10.1 Å². The number of ether oxygens (including phenoxy) is 1. The van der Waals surface area contributed by atoms with Crippen LogP contribution in [0.5, 0.6) is 5.75 Å². The van der Waals surface area contributed by atoms with E-state index in [-0.39, 0.29) is 6.61 Å². The first kappa shape index (κ1) is 15.0. The molecule has 0 aromatic heterocycles. The fraction of sp³-hybridized carbons (Fsp3) is 0.385. The molecule has 0 bridgehead atoms. The van der Waals surface area contributed by atoms with Gasteiger partial charge in [-0.3, -0.25) is 4.79 Å². The average Bonchev–Trinajstić information content (AvgIpc) is 2.37. The summed E-state index contributed by atoms with van der Waals surface area (Å²) in [5.41, 5.74) is 2.15. The van der Waals surface area contributed by atoms with Crippen molar-refractivity contribution in [3.63, 3.8) is 0 Å². The summed E-state index contributed by atoms with van der Waals surface area (Å²) in [7, 11) is 0. The summed E-state index contributed by atoms with van der Waals surface area (Å²) in [6, 6.07) is 4.09. The summed E-state index contributed by atoms with van der Waals surface area (Å²) in [5.74, 6) is -1.35. The summed E-state index contributed by atoms with van der Waals surface area (Å²) in [6.07, 6.45) is 0. The Morgan fingerprint density at radius 3 is 2.53 bits per heavy atom. The van der Waals surface area contributed by atoms with E-state index < -0.39 is 24.5 Å². The highest BCUT2D eigenvalue weighted by molar-refractivity contribution is 5.84. The lowest BCUT2D eigenvalue weighted by Gasteiger charge is -2.12. The fourth-order valence-electron chi connectivity index (χ4n) is 1.37. The summed E-state index contributed by atoms with van der Waals surface area (Å²) in [5, 5.41) is 19.6. The van der Waals surface area contributed by atoms with Crippen LogP contribution in [-0.4, -0.2) is 41.3 Å². The van der Waals surface area contributed by atoms with Crippen LogP contribution in [0.25, 0.3) is 0 Å². The molecule has 0 saturated carbocycles. The lowest BCUT2D eigenvalue weighted by atomic mass is 10.1. The van der Waals surface area contributed by atoms with Gasteiger partial charge in [0.15, 0.2) is 6.61 Å². The van der Waals surface area contributed by atoms with Crippen molar-refractivity contribution >= 4 is 11.9 Å². The van der Waals surface area contributed by atoms with Gasteiger partial charge in [0.25, 0.3) is 5.91 Å². The summed E-state index contributed by atoms with van der Waals surface area (Å²) < 4.78 is 5.24. The first-order valence-corrected chi connectivity index (χ1v) is 5.77. The Labute approximate surface area is 111 Å². The van der Waals surface area contributed by atoms with Crippen molar-refractivity contribution in [2.24, 2.45) is 0 Å². The van der Waals surface area contributed by atoms with Gasteiger partial charge in [-0.25, -0.2) is 4.79 Å². The van der Waals surface area contributed by atoms with Crippen molar-refractivity contribution in [3.8, 4) is 5.75 Å². The molecule has 0 heterocycles. The Kier molecular flexibility index (Phi) is 5.32. The van der Waals surface area contributed by atoms with Crippen molar-refractivity contribution < 1.29 is 24.5 Å². The third-order valence-corrected chi connectivity index (χ3v) is 2.66. The van der Waals surface area contributed by atoms with Crippen molar-refractivity contribution in [2.75, 3.05) is 13.2 Å². The second kappa shape index (κ2) is 6.75. The van der Waals surface area contributed by atoms with Crippen molar-refractivity contribution in [1.82, 2.24) is 5.32 Å². The van der Waals surface area contributed by atoms with Gasteiger partial charge >= 0.3 is 5.97 Å². The van der Waals surface area contributed by atoms with Crippen LogP contribution in [0.4, 0.5) is 0 Å². The molecule has 19 heavy (non-hydrogen) atoms. The van der Waals surface area contributed by atoms with Gasteiger partial charge in [0.1, 0.15) is 11.8 Å². The van der Waals surface area contributed by atoms with Gasteiger partial charge in [-0.15, -0.1) is 0 Å². The number of carboxylic acids is 1. The molecule has 1 atom stereocenters. The highest BCUT2D eigenvalue weighted by Crippen LogP contribution is 2.16. The number of hydrogen-bond acceptors (Lipinski definition) is 4. The largest absolute Gasteiger partial charge is 0.484 e. The van der Waals surface area contributed by atoms with E-state index in [0.29, 0.717) is 5.75 Å². The molecule has 6 nitrogen and oxygen atoms in total. The smallest absolute Gasteiger partial charge is 0.328 e. The highest BCUT2D eigenvalue weighted by atomic mass is 16.5. The first-order chi connectivity index (χ1) is 8.93. The Hall–Kier alpha value is -2.08. The highest BCUT2D eigenvalue weighted by Gasteiger charge is 2.18. The fourth-order valence-corrected chi connectivity index (χ4v) is 1.37. The summed E-state index contributed by atoms with van der Waals surface area (Å²) in [4.78, 5) is 22.0. The van der Waals surface area contributed by atoms with Crippen LogP contribution in [0, 0.1) is 13.8 Å². The van der Waals surface area contributed by atoms with Crippen LogP contribution in [0.2, 0.25) is 0 Å². The third kappa shape index (κ3) is 4.59. The van der Waals surface area contributed by atoms with Gasteiger partial charge in [0.05, 0.1) is 6.61 Å². The average molecular weight is 267 g/mol. The zero-order valence-corrected chi connectivity index (χ0v) is 10.8. The van der Waals surface area contributed by atoms with Crippen LogP contribution in [0.3, 0.4) is 0 Å². The zero-order chi connectivity index (χ0) is 14.4. The quantitative estimate of drug-likeness (QED) is 0.686. The molecule has 0 spiro atoms. The normalized spacial score (nSPS) is 11.7. The van der Waals surface area contributed by atoms with Gasteiger partial charge in [-0.05, 0) is 37.1 Å². The molecular weight excluding hydrogens is 250 g/mol. The molecule has 0 unspecified atom stereocenters. The predicted octanol–water partition coefficient (Wildman–Crippen LogP) is 0.244. The molecule has 1 amide bonds. The number of rotatable bonds is 6. The maximum atomic E-state index is 11.4. The molecule has 1 aromatic rings. The number of aliphatic carboxylic acids is 1. The third-order valence-electron chi connectivity index (χ3n) is 2.66. The number of carboxylic acid groups (broad SMARTS) is 1. The number of aryl methyl sites for hydroxylation is 2. The molecule has 0 aliphatic carbocycles. The Balaban J connectivity index is 2.49. The van der Waals surface area contributed by atoms with Gasteiger partial charge in [0, 0.05) is 0 Å². The molecule has 1 rings (SSSR count). The lowest BCUT2D eigenvalue weighted by Crippen LogP contribution is -2.45. The number of amides is 1. The molecule has 3 N–H and O–H groups in total. The van der Waals surface area contributed by atoms with E-state index in [9.17, 15) is 9.59 Å². The monoisotopic (exact) mass is 267 g/mol. The predicted molar refractivity (Wildman–Crippen MR) is 68.1 cm³/mol. The van der Waals surface area contributed by atoms with Crippen LogP contribution in [0.1, 0.15) is 11.1 Å². The maximum absolute atomic E-state index is 11.4. The minimum Gasteiger partial charge on any atom is -0.484 e. The number of aliphatic hydroxyl groups excluding tert-OH is 1. The number of benzene rings is 1. The topological polar surface area (TPSA) is 95.9 Å². The summed E-state index contributed by atoms with van der Waals surface area (Å²) >= 11 is 0. The molecular formula is C13H17NO5. The van der Waals surface area contributed by atoms with Gasteiger partial charge in [-0.1, -0.05) is 6.07 Å². The second-order valence-corrected chi connectivity index (χ2v) is 4.18. The van der Waals surface area contributed by atoms with Crippen molar-refractivity contribution in [3.05, 3.63) is 29.3 Å². The molecule has 0 aliphatic heterocycles. The second-order valence-electron chi connectivity index (χ2n) is 4.18. The Morgan fingerprint density at radius 2 is 2.00 bits per heavy atom. The standard InChI is InChI=1S/C13H17NO5/c1-8-3-4-10(5-9(8)2)19-7-12(16)14-11(6-15)13(17)18/h3-5,11,15H,6-7H2,1-2H3,(H,14,16)(H,17,18)/t11-/m1/s1. The van der Waals surface area contributed by atoms with E-state index in [1.165, 1.54) is 0 Å². The van der Waals surface area contributed by atoms with E-state index >= 15 is 0 Å². The molecule has 0 saturated heterocycles. The molecule has 1 aromatic carbocycles. The molecule has 104 valence electrons. The Morgan fingerprint density at radius 1 is 1.32 bits per heavy atom. The van der Waals surface area contributed by atoms with E-state index in [1.807, 2.05) is 19.9 Å². The number of nitrogens with one attached hydrogen (secondary N) is 1. The zero-order valence-electron chi connectivity index (χ0n) is 10.8. The van der Waals surface area contributed by atoms with Crippen LogP contribution >= 0.6 is 0 Å². The Bertz CT molecular complexity index is 472.